The molecular weight excluding hydrogens is 394 g/mol. The van der Waals surface area contributed by atoms with Crippen LogP contribution in [-0.2, 0) is 0 Å². The first kappa shape index (κ1) is 18.8. The molecule has 2 aromatic heterocycles. The van der Waals surface area contributed by atoms with Crippen LogP contribution in [0.25, 0.3) is 5.65 Å². The van der Waals surface area contributed by atoms with E-state index in [1.165, 1.54) is 61.6 Å². The summed E-state index contributed by atoms with van der Waals surface area (Å²) in [6.07, 6.45) is 11.7. The molecule has 0 saturated heterocycles. The van der Waals surface area contributed by atoms with E-state index in [4.69, 9.17) is 0 Å². The first-order valence-electron chi connectivity index (χ1n) is 9.30. The third-order valence-corrected chi connectivity index (χ3v) is 20.4. The molecule has 2 heterocycles. The van der Waals surface area contributed by atoms with Gasteiger partial charge in [0.15, 0.2) is 0 Å². The molecule has 2 aromatic rings. The van der Waals surface area contributed by atoms with Gasteiger partial charge in [0.2, 0.25) is 0 Å². The van der Waals surface area contributed by atoms with Crippen LogP contribution in [0.2, 0.25) is 13.3 Å². The van der Waals surface area contributed by atoms with Gasteiger partial charge in [-0.15, -0.1) is 0 Å². The Hall–Kier alpha value is -0.581. The van der Waals surface area contributed by atoms with E-state index in [9.17, 15) is 4.39 Å². The van der Waals surface area contributed by atoms with Gasteiger partial charge in [0, 0.05) is 0 Å². The van der Waals surface area contributed by atoms with Gasteiger partial charge in [-0.1, -0.05) is 0 Å². The Balaban J connectivity index is 2.49. The van der Waals surface area contributed by atoms with E-state index in [1.807, 2.05) is 18.5 Å². The number of unbranched alkanes of at least 4 members (excludes halogenated alkanes) is 3. The third-order valence-electron chi connectivity index (χ3n) is 5.06. The van der Waals surface area contributed by atoms with Gasteiger partial charge in [-0.2, -0.15) is 0 Å². The Morgan fingerprint density at radius 2 is 1.57 bits per heavy atom. The number of nitrogens with zero attached hydrogens (tertiary/aromatic N) is 2. The van der Waals surface area contributed by atoms with Crippen molar-refractivity contribution in [3.63, 3.8) is 0 Å². The van der Waals surface area contributed by atoms with E-state index in [2.05, 4.69) is 30.2 Å². The molecule has 0 aliphatic carbocycles. The topological polar surface area (TPSA) is 17.3 Å². The number of fused-ring (bicyclic) bond motifs is 1. The summed E-state index contributed by atoms with van der Waals surface area (Å²) in [5.41, 5.74) is 0.521. The molecule has 0 bridgehead atoms. The standard InChI is InChI=1S/C7H4FN2.3C4H9.Sn/c8-6-2-1-4-10-5-3-9-7(6)10;3*1-3-4-2;/h1-4H;3*1,3-4H2,2H3;. The van der Waals surface area contributed by atoms with E-state index in [-0.39, 0.29) is 5.82 Å². The van der Waals surface area contributed by atoms with Gasteiger partial charge in [-0.05, 0) is 0 Å². The number of hydrogen-bond acceptors (Lipinski definition) is 1. The average molecular weight is 425 g/mol. The summed E-state index contributed by atoms with van der Waals surface area (Å²) in [5, 5.41) is 0. The Morgan fingerprint density at radius 1 is 1.00 bits per heavy atom. The molecule has 0 amide bonds. The van der Waals surface area contributed by atoms with Crippen LogP contribution in [0.15, 0.2) is 24.5 Å². The Labute approximate surface area is 144 Å². The van der Waals surface area contributed by atoms with E-state index in [0.717, 1.165) is 0 Å². The molecule has 0 saturated carbocycles. The molecule has 4 heteroatoms. The van der Waals surface area contributed by atoms with E-state index in [1.54, 1.807) is 0 Å². The summed E-state index contributed by atoms with van der Waals surface area (Å²) in [4.78, 5) is 4.45. The second kappa shape index (κ2) is 9.05. The summed E-state index contributed by atoms with van der Waals surface area (Å²) in [5.74, 6) is -0.194. The first-order chi connectivity index (χ1) is 11.2. The molecule has 128 valence electrons. The van der Waals surface area contributed by atoms with Crippen LogP contribution in [0.5, 0.6) is 0 Å². The zero-order valence-corrected chi connectivity index (χ0v) is 17.8. The van der Waals surface area contributed by atoms with Crippen molar-refractivity contribution in [1.82, 2.24) is 9.38 Å². The summed E-state index contributed by atoms with van der Waals surface area (Å²) < 4.78 is 21.7. The van der Waals surface area contributed by atoms with Crippen LogP contribution in [-0.4, -0.2) is 27.8 Å². The Kier molecular flexibility index (Phi) is 7.38. The molecule has 0 aliphatic heterocycles. The van der Waals surface area contributed by atoms with Gasteiger partial charge in [-0.25, -0.2) is 0 Å². The monoisotopic (exact) mass is 426 g/mol. The van der Waals surface area contributed by atoms with Crippen molar-refractivity contribution in [1.29, 1.82) is 0 Å². The van der Waals surface area contributed by atoms with Crippen molar-refractivity contribution in [2.45, 2.75) is 72.6 Å². The van der Waals surface area contributed by atoms with Crippen molar-refractivity contribution in [2.24, 2.45) is 0 Å². The van der Waals surface area contributed by atoms with Crippen molar-refractivity contribution >= 4 is 27.7 Å². The van der Waals surface area contributed by atoms with Gasteiger partial charge in [0.25, 0.3) is 0 Å². The average Bonchev–Trinajstić information content (AvgIpc) is 3.01. The molecule has 0 N–H and O–H groups in total. The predicted octanol–water partition coefficient (Wildman–Crippen LogP) is 5.53. The van der Waals surface area contributed by atoms with Crippen LogP contribution < -0.4 is 3.71 Å². The molecule has 0 atom stereocenters. The van der Waals surface area contributed by atoms with E-state index in [0.29, 0.717) is 5.65 Å². The number of rotatable bonds is 10. The fourth-order valence-electron chi connectivity index (χ4n) is 3.67. The SMILES string of the molecule is CCC[CH2][Sn]([CH2]CCC)([CH2]CCC)[c]1cnc2c(F)cccn12. The summed E-state index contributed by atoms with van der Waals surface area (Å²) in [6, 6.07) is 3.34. The molecule has 0 spiro atoms. The Morgan fingerprint density at radius 3 is 2.09 bits per heavy atom. The Bertz CT molecular complexity index is 587. The van der Waals surface area contributed by atoms with Crippen LogP contribution in [0, 0.1) is 5.82 Å². The van der Waals surface area contributed by atoms with Crippen molar-refractivity contribution < 1.29 is 4.39 Å². The summed E-state index contributed by atoms with van der Waals surface area (Å²) >= 11 is -2.54. The number of pyridine rings is 1. The second-order valence-electron chi connectivity index (χ2n) is 6.78. The van der Waals surface area contributed by atoms with Crippen molar-refractivity contribution in [3.8, 4) is 0 Å². The quantitative estimate of drug-likeness (QED) is 0.458. The zero-order valence-electron chi connectivity index (χ0n) is 14.9. The fraction of sp³-hybridized carbons (Fsp3) is 0.632. The molecule has 23 heavy (non-hydrogen) atoms. The number of hydrogen-bond donors (Lipinski definition) is 0. The molecule has 0 radical (unpaired) electrons. The number of halogens is 1. The predicted molar refractivity (Wildman–Crippen MR) is 99.7 cm³/mol. The first-order valence-corrected chi connectivity index (χ1v) is 16.8. The van der Waals surface area contributed by atoms with E-state index < -0.39 is 18.4 Å². The molecular formula is C19H31FN2Sn. The summed E-state index contributed by atoms with van der Waals surface area (Å²) in [7, 11) is 0. The van der Waals surface area contributed by atoms with Gasteiger partial charge in [0.05, 0.1) is 0 Å². The molecule has 0 unspecified atom stereocenters. The van der Waals surface area contributed by atoms with Gasteiger partial charge in [0.1, 0.15) is 0 Å². The maximum absolute atomic E-state index is 14.1. The maximum atomic E-state index is 14.1. The van der Waals surface area contributed by atoms with Gasteiger partial charge >= 0.3 is 144 Å². The normalized spacial score (nSPS) is 12.2. The van der Waals surface area contributed by atoms with Crippen molar-refractivity contribution in [2.75, 3.05) is 0 Å². The molecule has 0 aromatic carbocycles. The number of aromatic nitrogens is 2. The van der Waals surface area contributed by atoms with Crippen LogP contribution in [0.4, 0.5) is 4.39 Å². The third kappa shape index (κ3) is 4.28. The number of imidazole rings is 1. The van der Waals surface area contributed by atoms with Crippen molar-refractivity contribution in [3.05, 3.63) is 30.3 Å². The minimum atomic E-state index is -2.54. The molecule has 2 nitrogen and oxygen atoms in total. The van der Waals surface area contributed by atoms with Crippen LogP contribution in [0.1, 0.15) is 59.3 Å². The second-order valence-corrected chi connectivity index (χ2v) is 19.8. The van der Waals surface area contributed by atoms with Gasteiger partial charge < -0.3 is 0 Å². The summed E-state index contributed by atoms with van der Waals surface area (Å²) in [6.45, 7) is 6.85. The van der Waals surface area contributed by atoms with Crippen LogP contribution >= 0.6 is 0 Å². The van der Waals surface area contributed by atoms with Gasteiger partial charge in [-0.3, -0.25) is 0 Å². The molecule has 0 fully saturated rings. The molecule has 2 rings (SSSR count). The minimum absolute atomic E-state index is 0.194. The fourth-order valence-corrected chi connectivity index (χ4v) is 19.8. The molecule has 0 aliphatic rings. The van der Waals surface area contributed by atoms with Crippen LogP contribution in [0.3, 0.4) is 0 Å². The van der Waals surface area contributed by atoms with E-state index >= 15 is 0 Å². The zero-order chi connectivity index (χ0) is 16.7.